The van der Waals surface area contributed by atoms with Crippen molar-refractivity contribution in [3.63, 3.8) is 0 Å². The van der Waals surface area contributed by atoms with E-state index in [1.165, 1.54) is 6.92 Å². The van der Waals surface area contributed by atoms with Crippen LogP contribution < -0.4 is 5.32 Å². The normalized spacial score (nSPS) is 14.6. The maximum absolute atomic E-state index is 12.6. The van der Waals surface area contributed by atoms with E-state index in [2.05, 4.69) is 5.32 Å². The average molecular weight is 336 g/mol. The summed E-state index contributed by atoms with van der Waals surface area (Å²) in [4.78, 5) is 39.3. The van der Waals surface area contributed by atoms with Crippen molar-refractivity contribution in [1.82, 2.24) is 19.7 Å². The lowest BCUT2D eigenvalue weighted by molar-refractivity contribution is -0.130. The molecule has 132 valence electrons. The molecule has 8 heteroatoms. The van der Waals surface area contributed by atoms with E-state index < -0.39 is 0 Å². The highest BCUT2D eigenvalue weighted by Gasteiger charge is 2.25. The van der Waals surface area contributed by atoms with Crippen LogP contribution in [0.2, 0.25) is 0 Å². The Bertz CT molecular complexity index is 591. The van der Waals surface area contributed by atoms with Crippen molar-refractivity contribution in [1.29, 1.82) is 0 Å². The van der Waals surface area contributed by atoms with E-state index in [-0.39, 0.29) is 24.3 Å². The van der Waals surface area contributed by atoms with Gasteiger partial charge >= 0.3 is 0 Å². The van der Waals surface area contributed by atoms with Gasteiger partial charge < -0.3 is 24.4 Å². The molecular weight excluding hydrogens is 312 g/mol. The van der Waals surface area contributed by atoms with Gasteiger partial charge in [0.15, 0.2) is 0 Å². The van der Waals surface area contributed by atoms with Gasteiger partial charge in [-0.05, 0) is 12.1 Å². The van der Waals surface area contributed by atoms with E-state index in [4.69, 9.17) is 4.74 Å². The van der Waals surface area contributed by atoms with E-state index in [1.54, 1.807) is 39.8 Å². The summed E-state index contributed by atoms with van der Waals surface area (Å²) in [6, 6.07) is 3.46. The molecule has 3 amide bonds. The molecule has 2 heterocycles. The van der Waals surface area contributed by atoms with E-state index in [0.717, 1.165) is 0 Å². The predicted octanol–water partition coefficient (Wildman–Crippen LogP) is -0.445. The Hall–Kier alpha value is -2.35. The minimum Gasteiger partial charge on any atom is -0.383 e. The fourth-order valence-corrected chi connectivity index (χ4v) is 2.64. The third-order valence-corrected chi connectivity index (χ3v) is 4.00. The van der Waals surface area contributed by atoms with E-state index in [0.29, 0.717) is 45.0 Å². The van der Waals surface area contributed by atoms with Crippen LogP contribution in [-0.4, -0.2) is 78.5 Å². The van der Waals surface area contributed by atoms with Crippen LogP contribution in [0, 0.1) is 0 Å². The van der Waals surface area contributed by atoms with Crippen molar-refractivity contribution < 1.29 is 19.1 Å². The Labute approximate surface area is 141 Å². The van der Waals surface area contributed by atoms with Gasteiger partial charge in [0, 0.05) is 53.0 Å². The molecule has 8 nitrogen and oxygen atoms in total. The van der Waals surface area contributed by atoms with Crippen molar-refractivity contribution in [2.45, 2.75) is 13.5 Å². The summed E-state index contributed by atoms with van der Waals surface area (Å²) >= 11 is 0. The fraction of sp³-hybridized carbons (Fsp3) is 0.562. The first-order valence-electron chi connectivity index (χ1n) is 7.98. The molecule has 1 aromatic rings. The molecule has 1 fully saturated rings. The fourth-order valence-electron chi connectivity index (χ4n) is 2.64. The predicted molar refractivity (Wildman–Crippen MR) is 87.5 cm³/mol. The molecule has 0 atom stereocenters. The Morgan fingerprint density at radius 1 is 1.17 bits per heavy atom. The molecule has 0 bridgehead atoms. The Morgan fingerprint density at radius 2 is 1.83 bits per heavy atom. The van der Waals surface area contributed by atoms with E-state index in [1.807, 2.05) is 0 Å². The van der Waals surface area contributed by atoms with Gasteiger partial charge in [-0.25, -0.2) is 0 Å². The number of hydrogen-bond acceptors (Lipinski definition) is 4. The number of carbonyl (C=O) groups excluding carboxylic acids is 3. The Balaban J connectivity index is 1.93. The van der Waals surface area contributed by atoms with Crippen LogP contribution in [0.5, 0.6) is 0 Å². The van der Waals surface area contributed by atoms with Crippen molar-refractivity contribution in [2.24, 2.45) is 0 Å². The summed E-state index contributed by atoms with van der Waals surface area (Å²) < 4.78 is 6.52. The van der Waals surface area contributed by atoms with Gasteiger partial charge in [-0.15, -0.1) is 0 Å². The van der Waals surface area contributed by atoms with E-state index in [9.17, 15) is 14.4 Å². The summed E-state index contributed by atoms with van der Waals surface area (Å²) in [6.07, 6.45) is 1.72. The molecule has 0 unspecified atom stereocenters. The minimum atomic E-state index is -0.168. The number of piperazine rings is 1. The highest BCUT2D eigenvalue weighted by molar-refractivity contribution is 5.93. The third-order valence-electron chi connectivity index (χ3n) is 4.00. The Morgan fingerprint density at radius 3 is 2.46 bits per heavy atom. The molecule has 1 aromatic heterocycles. The molecule has 1 N–H and O–H groups in total. The van der Waals surface area contributed by atoms with Crippen LogP contribution in [0.4, 0.5) is 0 Å². The summed E-state index contributed by atoms with van der Waals surface area (Å²) in [7, 11) is 1.57. The van der Waals surface area contributed by atoms with Gasteiger partial charge in [-0.1, -0.05) is 0 Å². The number of hydrogen-bond donors (Lipinski definition) is 1. The first-order valence-corrected chi connectivity index (χ1v) is 7.98. The van der Waals surface area contributed by atoms with Gasteiger partial charge in [0.2, 0.25) is 11.8 Å². The minimum absolute atomic E-state index is 0.0261. The molecule has 1 saturated heterocycles. The molecule has 0 spiro atoms. The Kier molecular flexibility index (Phi) is 6.36. The molecule has 24 heavy (non-hydrogen) atoms. The van der Waals surface area contributed by atoms with Crippen LogP contribution in [0.3, 0.4) is 0 Å². The quantitative estimate of drug-likeness (QED) is 0.714. The second kappa shape index (κ2) is 8.49. The molecule has 0 aliphatic carbocycles. The molecule has 0 radical (unpaired) electrons. The standard InChI is InChI=1S/C16H24N4O4/c1-13(21)18-7-9-19(10-8-18)16(23)14-4-3-6-20(14)12-15(22)17-5-11-24-2/h3-4,6H,5,7-12H2,1-2H3,(H,17,22). The van der Waals surface area contributed by atoms with Crippen LogP contribution in [0.1, 0.15) is 17.4 Å². The van der Waals surface area contributed by atoms with Crippen molar-refractivity contribution in [2.75, 3.05) is 46.4 Å². The van der Waals surface area contributed by atoms with Crippen LogP contribution in [-0.2, 0) is 20.9 Å². The SMILES string of the molecule is COCCNC(=O)Cn1cccc1C(=O)N1CCN(C(C)=O)CC1. The number of nitrogens with zero attached hydrogens (tertiary/aromatic N) is 3. The average Bonchev–Trinajstić information content (AvgIpc) is 3.02. The number of amides is 3. The highest BCUT2D eigenvalue weighted by Crippen LogP contribution is 2.10. The zero-order chi connectivity index (χ0) is 17.5. The summed E-state index contributed by atoms with van der Waals surface area (Å²) in [5.41, 5.74) is 0.480. The molecular formula is C16H24N4O4. The summed E-state index contributed by atoms with van der Waals surface area (Å²) in [6.45, 7) is 4.60. The number of nitrogens with one attached hydrogen (secondary N) is 1. The van der Waals surface area contributed by atoms with Gasteiger partial charge in [0.25, 0.3) is 5.91 Å². The summed E-state index contributed by atoms with van der Waals surface area (Å²) in [5, 5.41) is 2.73. The van der Waals surface area contributed by atoms with Crippen molar-refractivity contribution in [3.05, 3.63) is 24.0 Å². The van der Waals surface area contributed by atoms with Gasteiger partial charge in [-0.3, -0.25) is 14.4 Å². The molecule has 2 rings (SSSR count). The lowest BCUT2D eigenvalue weighted by atomic mass is 10.2. The molecule has 0 saturated carbocycles. The van der Waals surface area contributed by atoms with Gasteiger partial charge in [-0.2, -0.15) is 0 Å². The number of ether oxygens (including phenoxy) is 1. The van der Waals surface area contributed by atoms with Crippen molar-refractivity contribution in [3.8, 4) is 0 Å². The number of methoxy groups -OCH3 is 1. The van der Waals surface area contributed by atoms with Gasteiger partial charge in [0.1, 0.15) is 12.2 Å². The lowest BCUT2D eigenvalue weighted by Gasteiger charge is -2.34. The second-order valence-electron chi connectivity index (χ2n) is 5.66. The van der Waals surface area contributed by atoms with Crippen molar-refractivity contribution >= 4 is 17.7 Å². The first kappa shape index (κ1) is 18.0. The largest absolute Gasteiger partial charge is 0.383 e. The van der Waals surface area contributed by atoms with Crippen LogP contribution >= 0.6 is 0 Å². The van der Waals surface area contributed by atoms with Crippen LogP contribution in [0.25, 0.3) is 0 Å². The third kappa shape index (κ3) is 4.58. The summed E-state index contributed by atoms with van der Waals surface area (Å²) in [5.74, 6) is -0.259. The number of carbonyl (C=O) groups is 3. The monoisotopic (exact) mass is 336 g/mol. The zero-order valence-electron chi connectivity index (χ0n) is 14.2. The topological polar surface area (TPSA) is 83.9 Å². The molecule has 1 aliphatic rings. The first-order chi connectivity index (χ1) is 11.5. The van der Waals surface area contributed by atoms with Gasteiger partial charge in [0.05, 0.1) is 6.61 Å². The smallest absolute Gasteiger partial charge is 0.270 e. The van der Waals surface area contributed by atoms with Crippen LogP contribution in [0.15, 0.2) is 18.3 Å². The number of rotatable bonds is 6. The van der Waals surface area contributed by atoms with E-state index >= 15 is 0 Å². The number of aromatic nitrogens is 1. The second-order valence-corrected chi connectivity index (χ2v) is 5.66. The highest BCUT2D eigenvalue weighted by atomic mass is 16.5. The molecule has 1 aliphatic heterocycles. The lowest BCUT2D eigenvalue weighted by Crippen LogP contribution is -2.50. The maximum atomic E-state index is 12.6. The maximum Gasteiger partial charge on any atom is 0.270 e. The zero-order valence-corrected chi connectivity index (χ0v) is 14.2. The molecule has 0 aromatic carbocycles.